The average molecular weight is 436 g/mol. The van der Waals surface area contributed by atoms with Crippen molar-refractivity contribution in [3.63, 3.8) is 0 Å². The van der Waals surface area contributed by atoms with E-state index in [1.807, 2.05) is 24.4 Å². The molecule has 0 spiro atoms. The van der Waals surface area contributed by atoms with Gasteiger partial charge in [-0.25, -0.2) is 9.67 Å². The minimum absolute atomic E-state index is 0.148. The normalized spacial score (nSPS) is 12.0. The van der Waals surface area contributed by atoms with Crippen LogP contribution in [0, 0.1) is 0 Å². The highest BCUT2D eigenvalue weighted by Crippen LogP contribution is 2.21. The van der Waals surface area contributed by atoms with Crippen LogP contribution in [0.1, 0.15) is 13.3 Å². The standard InChI is InChI=1S/C22H21N5O3S/c1-2-15(12-27-21(29)10-9-18(25-27)19-8-5-11-31-19)24-20(28)13-26-14-23-17-7-4-3-6-16(17)22(26)30/h3-11,14-15H,2,12-13H2,1H3,(H,24,28)/t15-/m1/s1. The summed E-state index contributed by atoms with van der Waals surface area (Å²) in [5.41, 5.74) is 0.800. The second-order valence-electron chi connectivity index (χ2n) is 7.08. The van der Waals surface area contributed by atoms with Crippen LogP contribution in [0.4, 0.5) is 0 Å². The van der Waals surface area contributed by atoms with E-state index in [-0.39, 0.29) is 36.2 Å². The Morgan fingerprint density at radius 2 is 1.97 bits per heavy atom. The minimum Gasteiger partial charge on any atom is -0.350 e. The van der Waals surface area contributed by atoms with Crippen LogP contribution in [0.3, 0.4) is 0 Å². The Balaban J connectivity index is 1.48. The molecule has 0 unspecified atom stereocenters. The number of para-hydroxylation sites is 1. The number of benzene rings is 1. The molecule has 3 heterocycles. The summed E-state index contributed by atoms with van der Waals surface area (Å²) in [6, 6.07) is 13.8. The van der Waals surface area contributed by atoms with Gasteiger partial charge in [-0.3, -0.25) is 19.0 Å². The molecule has 9 heteroatoms. The lowest BCUT2D eigenvalue weighted by atomic mass is 10.2. The van der Waals surface area contributed by atoms with Gasteiger partial charge in [0.05, 0.1) is 28.7 Å². The van der Waals surface area contributed by atoms with Crippen molar-refractivity contribution in [1.29, 1.82) is 0 Å². The number of aromatic nitrogens is 4. The fraction of sp³-hybridized carbons (Fsp3) is 0.227. The first-order valence-corrected chi connectivity index (χ1v) is 10.8. The smallest absolute Gasteiger partial charge is 0.266 e. The third-order valence-electron chi connectivity index (χ3n) is 4.94. The summed E-state index contributed by atoms with van der Waals surface area (Å²) >= 11 is 1.54. The summed E-state index contributed by atoms with van der Waals surface area (Å²) in [7, 11) is 0. The molecule has 0 fully saturated rings. The van der Waals surface area contributed by atoms with Crippen molar-refractivity contribution in [3.05, 3.63) is 80.9 Å². The highest BCUT2D eigenvalue weighted by atomic mass is 32.1. The summed E-state index contributed by atoms with van der Waals surface area (Å²) in [5.74, 6) is -0.325. The molecule has 0 saturated carbocycles. The van der Waals surface area contributed by atoms with Crippen molar-refractivity contribution in [1.82, 2.24) is 24.6 Å². The van der Waals surface area contributed by atoms with Gasteiger partial charge in [-0.1, -0.05) is 25.1 Å². The van der Waals surface area contributed by atoms with Gasteiger partial charge in [0, 0.05) is 12.1 Å². The summed E-state index contributed by atoms with van der Waals surface area (Å²) in [4.78, 5) is 42.7. The van der Waals surface area contributed by atoms with E-state index in [9.17, 15) is 14.4 Å². The van der Waals surface area contributed by atoms with Gasteiger partial charge in [0.1, 0.15) is 12.2 Å². The van der Waals surface area contributed by atoms with Gasteiger partial charge in [-0.15, -0.1) is 11.3 Å². The molecule has 0 aliphatic rings. The highest BCUT2D eigenvalue weighted by molar-refractivity contribution is 7.13. The molecule has 31 heavy (non-hydrogen) atoms. The first-order valence-electron chi connectivity index (χ1n) is 9.90. The largest absolute Gasteiger partial charge is 0.350 e. The fourth-order valence-corrected chi connectivity index (χ4v) is 3.96. The van der Waals surface area contributed by atoms with Gasteiger partial charge < -0.3 is 5.32 Å². The van der Waals surface area contributed by atoms with Crippen LogP contribution in [0.15, 0.2) is 69.8 Å². The lowest BCUT2D eigenvalue weighted by Gasteiger charge is -2.18. The Morgan fingerprint density at radius 1 is 1.13 bits per heavy atom. The average Bonchev–Trinajstić information content (AvgIpc) is 3.32. The number of nitrogens with one attached hydrogen (secondary N) is 1. The molecular formula is C22H21N5O3S. The molecule has 3 aromatic heterocycles. The molecule has 4 rings (SSSR count). The van der Waals surface area contributed by atoms with Gasteiger partial charge in [0.25, 0.3) is 11.1 Å². The zero-order valence-corrected chi connectivity index (χ0v) is 17.7. The third kappa shape index (κ3) is 4.61. The Hall–Kier alpha value is -3.59. The highest BCUT2D eigenvalue weighted by Gasteiger charge is 2.15. The monoisotopic (exact) mass is 435 g/mol. The van der Waals surface area contributed by atoms with Gasteiger partial charge in [0.15, 0.2) is 0 Å². The predicted molar refractivity (Wildman–Crippen MR) is 120 cm³/mol. The van der Waals surface area contributed by atoms with Crippen LogP contribution in [-0.2, 0) is 17.9 Å². The fourth-order valence-electron chi connectivity index (χ4n) is 3.27. The predicted octanol–water partition coefficient (Wildman–Crippen LogP) is 2.28. The number of rotatable bonds is 7. The van der Waals surface area contributed by atoms with Gasteiger partial charge in [0.2, 0.25) is 5.91 Å². The van der Waals surface area contributed by atoms with Crippen molar-refractivity contribution in [2.24, 2.45) is 0 Å². The van der Waals surface area contributed by atoms with E-state index >= 15 is 0 Å². The number of carbonyl (C=O) groups is 1. The first-order chi connectivity index (χ1) is 15.0. The summed E-state index contributed by atoms with van der Waals surface area (Å²) in [6.45, 7) is 2.01. The molecular weight excluding hydrogens is 414 g/mol. The second-order valence-corrected chi connectivity index (χ2v) is 8.03. The van der Waals surface area contributed by atoms with E-state index in [4.69, 9.17) is 0 Å². The number of hydrogen-bond acceptors (Lipinski definition) is 6. The molecule has 0 radical (unpaired) electrons. The van der Waals surface area contributed by atoms with Crippen molar-refractivity contribution >= 4 is 28.1 Å². The maximum atomic E-state index is 12.6. The van der Waals surface area contributed by atoms with E-state index in [1.165, 1.54) is 21.6 Å². The number of carbonyl (C=O) groups excluding carboxylic acids is 1. The van der Waals surface area contributed by atoms with E-state index in [0.29, 0.717) is 23.0 Å². The maximum absolute atomic E-state index is 12.6. The molecule has 0 aliphatic carbocycles. The van der Waals surface area contributed by atoms with Crippen molar-refractivity contribution < 1.29 is 4.79 Å². The number of nitrogens with zero attached hydrogens (tertiary/aromatic N) is 4. The Kier molecular flexibility index (Phi) is 6.03. The Morgan fingerprint density at radius 3 is 2.74 bits per heavy atom. The Bertz CT molecular complexity index is 1330. The van der Waals surface area contributed by atoms with Crippen molar-refractivity contribution in [2.45, 2.75) is 32.5 Å². The van der Waals surface area contributed by atoms with Crippen molar-refractivity contribution in [3.8, 4) is 10.6 Å². The van der Waals surface area contributed by atoms with Crippen LogP contribution in [-0.4, -0.2) is 31.3 Å². The number of hydrogen-bond donors (Lipinski definition) is 1. The number of amides is 1. The van der Waals surface area contributed by atoms with Gasteiger partial charge in [-0.2, -0.15) is 5.10 Å². The zero-order chi connectivity index (χ0) is 21.8. The quantitative estimate of drug-likeness (QED) is 0.480. The van der Waals surface area contributed by atoms with Crippen LogP contribution >= 0.6 is 11.3 Å². The molecule has 1 N–H and O–H groups in total. The van der Waals surface area contributed by atoms with E-state index in [1.54, 1.807) is 41.7 Å². The molecule has 8 nitrogen and oxygen atoms in total. The lowest BCUT2D eigenvalue weighted by molar-refractivity contribution is -0.122. The van der Waals surface area contributed by atoms with E-state index in [2.05, 4.69) is 15.4 Å². The molecule has 1 aromatic carbocycles. The molecule has 0 saturated heterocycles. The van der Waals surface area contributed by atoms with Gasteiger partial charge >= 0.3 is 0 Å². The molecule has 0 bridgehead atoms. The Labute approximate surface area is 181 Å². The number of fused-ring (bicyclic) bond motifs is 1. The summed E-state index contributed by atoms with van der Waals surface area (Å²) < 4.78 is 2.65. The molecule has 1 amide bonds. The molecule has 4 aromatic rings. The van der Waals surface area contributed by atoms with Crippen LogP contribution < -0.4 is 16.4 Å². The first kappa shape index (κ1) is 20.7. The van der Waals surface area contributed by atoms with Crippen molar-refractivity contribution in [2.75, 3.05) is 0 Å². The topological polar surface area (TPSA) is 98.9 Å². The SMILES string of the molecule is CC[C@H](Cn1nc(-c2cccs2)ccc1=O)NC(=O)Cn1cnc2ccccc2c1=O. The van der Waals surface area contributed by atoms with E-state index in [0.717, 1.165) is 4.88 Å². The maximum Gasteiger partial charge on any atom is 0.266 e. The minimum atomic E-state index is -0.325. The molecule has 1 atom stereocenters. The second kappa shape index (κ2) is 9.05. The van der Waals surface area contributed by atoms with Crippen LogP contribution in [0.25, 0.3) is 21.5 Å². The van der Waals surface area contributed by atoms with Crippen LogP contribution in [0.2, 0.25) is 0 Å². The number of thiophene rings is 1. The molecule has 0 aliphatic heterocycles. The van der Waals surface area contributed by atoms with E-state index < -0.39 is 0 Å². The summed E-state index contributed by atoms with van der Waals surface area (Å²) in [5, 5.41) is 9.75. The third-order valence-corrected chi connectivity index (χ3v) is 5.83. The van der Waals surface area contributed by atoms with Gasteiger partial charge in [-0.05, 0) is 36.1 Å². The summed E-state index contributed by atoms with van der Waals surface area (Å²) in [6.07, 6.45) is 1.98. The van der Waals surface area contributed by atoms with Crippen LogP contribution in [0.5, 0.6) is 0 Å². The molecule has 158 valence electrons. The lowest BCUT2D eigenvalue weighted by Crippen LogP contribution is -2.42. The zero-order valence-electron chi connectivity index (χ0n) is 16.9.